The van der Waals surface area contributed by atoms with Crippen molar-refractivity contribution in [3.63, 3.8) is 0 Å². The molecule has 0 bridgehead atoms. The van der Waals surface area contributed by atoms with E-state index in [0.29, 0.717) is 38.3 Å². The van der Waals surface area contributed by atoms with Crippen molar-refractivity contribution < 1.29 is 37.0 Å². The van der Waals surface area contributed by atoms with E-state index in [1.807, 2.05) is 31.2 Å². The Bertz CT molecular complexity index is 1190. The Hall–Kier alpha value is -2.28. The van der Waals surface area contributed by atoms with Crippen LogP contribution >= 0.6 is 24.8 Å². The normalized spacial score (nSPS) is 27.0. The molecule has 5 rings (SSSR count). The number of ether oxygens (including phenoxy) is 2. The van der Waals surface area contributed by atoms with Crippen molar-refractivity contribution in [2.24, 2.45) is 11.8 Å². The molecule has 3 heterocycles. The molecule has 6 atom stereocenters. The first kappa shape index (κ1) is 38.2. The predicted octanol–water partition coefficient (Wildman–Crippen LogP) is 4.47. The minimum absolute atomic E-state index is 0. The van der Waals surface area contributed by atoms with E-state index >= 15 is 0 Å². The number of fused-ring (bicyclic) bond motifs is 2. The Morgan fingerprint density at radius 3 is 2.46 bits per heavy atom. The maximum atomic E-state index is 14.5. The van der Waals surface area contributed by atoms with Gasteiger partial charge in [0.2, 0.25) is 23.6 Å². The zero-order chi connectivity index (χ0) is 31.4. The van der Waals surface area contributed by atoms with E-state index in [2.05, 4.69) is 15.5 Å². The molecule has 1 aromatic rings. The molecule has 9 nitrogen and oxygen atoms in total. The summed E-state index contributed by atoms with van der Waals surface area (Å²) in [7, 11) is 0. The molecule has 4 aliphatic rings. The summed E-state index contributed by atoms with van der Waals surface area (Å²) in [5.41, 5.74) is 0.862. The first-order chi connectivity index (χ1) is 21.1. The number of rotatable bonds is 10. The molecule has 0 radical (unpaired) electrons. The number of carbonyl (C=O) groups is 3. The van der Waals surface area contributed by atoms with Gasteiger partial charge in [0.1, 0.15) is 24.5 Å². The second kappa shape index (κ2) is 16.7. The molecule has 3 amide bonds. The Morgan fingerprint density at radius 1 is 1.07 bits per heavy atom. The number of halogens is 5. The number of piperazine rings is 1. The lowest BCUT2D eigenvalue weighted by atomic mass is 9.81. The van der Waals surface area contributed by atoms with Crippen molar-refractivity contribution in [1.82, 2.24) is 20.4 Å². The fourth-order valence-electron chi connectivity index (χ4n) is 7.20. The van der Waals surface area contributed by atoms with E-state index in [9.17, 15) is 27.6 Å². The van der Waals surface area contributed by atoms with Gasteiger partial charge in [-0.2, -0.15) is 0 Å². The summed E-state index contributed by atoms with van der Waals surface area (Å²) in [5, 5.41) is 5.90. The Labute approximate surface area is 281 Å². The molecule has 3 aliphatic heterocycles. The number of amides is 3. The number of nitrogens with one attached hydrogen (secondary N) is 2. The highest BCUT2D eigenvalue weighted by atomic mass is 35.5. The van der Waals surface area contributed by atoms with E-state index in [-0.39, 0.29) is 81.3 Å². The highest BCUT2D eigenvalue weighted by molar-refractivity contribution is 5.93. The SMILES string of the molecule is CCO[C@@H]1C[C@@H]2CN(C(=O)[C@@H](NC(=O)[C@H](CC)CF)C3CCC(F)(F)CC3)[C@H](C(=O)N[C@@H]3CCOc4ccccc43)CN2C1.Cl.Cl. The maximum Gasteiger partial charge on any atom is 0.248 e. The zero-order valence-electron chi connectivity index (χ0n) is 26.4. The highest BCUT2D eigenvalue weighted by Gasteiger charge is 2.49. The van der Waals surface area contributed by atoms with Gasteiger partial charge in [-0.3, -0.25) is 23.7 Å². The van der Waals surface area contributed by atoms with Gasteiger partial charge in [-0.25, -0.2) is 8.78 Å². The van der Waals surface area contributed by atoms with Crippen LogP contribution in [0.25, 0.3) is 0 Å². The van der Waals surface area contributed by atoms with Crippen LogP contribution in [0.4, 0.5) is 13.2 Å². The number of nitrogens with zero attached hydrogens (tertiary/aromatic N) is 2. The van der Waals surface area contributed by atoms with Crippen LogP contribution in [-0.2, 0) is 19.1 Å². The molecule has 46 heavy (non-hydrogen) atoms. The van der Waals surface area contributed by atoms with Crippen LogP contribution in [0.3, 0.4) is 0 Å². The number of para-hydroxylation sites is 1. The fourth-order valence-corrected chi connectivity index (χ4v) is 7.20. The third-order valence-electron chi connectivity index (χ3n) is 9.79. The lowest BCUT2D eigenvalue weighted by Gasteiger charge is -2.45. The summed E-state index contributed by atoms with van der Waals surface area (Å²) >= 11 is 0. The molecule has 2 saturated heterocycles. The molecule has 0 aromatic heterocycles. The van der Waals surface area contributed by atoms with Gasteiger partial charge in [0.05, 0.1) is 24.7 Å². The standard InChI is InChI=1S/C32H45F3N4O5.2ClH/c1-3-20(16-33)29(40)37-28(21-9-12-32(34,35)13-10-21)31(42)39-17-22-15-23(43-4-2)18-38(22)19-26(39)30(41)36-25-11-14-44-27-8-6-5-7-24(25)27;;/h5-8,20-23,25-26,28H,3-4,9-19H2,1-2H3,(H,36,41)(H,37,40);2*1H/t20-,22-,23-,25-,26+,28+;;/m1../s1. The summed E-state index contributed by atoms with van der Waals surface area (Å²) < 4.78 is 53.6. The Kier molecular flexibility index (Phi) is 13.9. The molecule has 3 fully saturated rings. The molecule has 0 spiro atoms. The van der Waals surface area contributed by atoms with Crippen molar-refractivity contribution in [3.8, 4) is 5.75 Å². The van der Waals surface area contributed by atoms with E-state index in [4.69, 9.17) is 9.47 Å². The van der Waals surface area contributed by atoms with Crippen LogP contribution in [0.15, 0.2) is 24.3 Å². The molecule has 1 aromatic carbocycles. The Morgan fingerprint density at radius 2 is 1.78 bits per heavy atom. The van der Waals surface area contributed by atoms with Gasteiger partial charge in [-0.1, -0.05) is 25.1 Å². The van der Waals surface area contributed by atoms with Crippen LogP contribution in [0.2, 0.25) is 0 Å². The summed E-state index contributed by atoms with van der Waals surface area (Å²) in [6, 6.07) is 5.16. The summed E-state index contributed by atoms with van der Waals surface area (Å²) in [6.07, 6.45) is 0.766. The van der Waals surface area contributed by atoms with Gasteiger partial charge in [0.25, 0.3) is 0 Å². The molecule has 14 heteroatoms. The van der Waals surface area contributed by atoms with Gasteiger partial charge in [-0.05, 0) is 44.6 Å². The molecule has 1 saturated carbocycles. The van der Waals surface area contributed by atoms with Crippen LogP contribution < -0.4 is 15.4 Å². The van der Waals surface area contributed by atoms with E-state index in [1.54, 1.807) is 6.92 Å². The van der Waals surface area contributed by atoms with Crippen LogP contribution in [-0.4, -0.2) is 97.2 Å². The van der Waals surface area contributed by atoms with Gasteiger partial charge in [0.15, 0.2) is 0 Å². The van der Waals surface area contributed by atoms with E-state index < -0.39 is 61.2 Å². The van der Waals surface area contributed by atoms with Crippen LogP contribution in [0, 0.1) is 11.8 Å². The lowest BCUT2D eigenvalue weighted by Crippen LogP contribution is -2.66. The first-order valence-corrected chi connectivity index (χ1v) is 16.1. The van der Waals surface area contributed by atoms with Crippen LogP contribution in [0.1, 0.15) is 70.4 Å². The van der Waals surface area contributed by atoms with Crippen molar-refractivity contribution in [2.45, 2.75) is 95.0 Å². The molecular weight excluding hydrogens is 648 g/mol. The number of benzene rings is 1. The topological polar surface area (TPSA) is 100 Å². The van der Waals surface area contributed by atoms with E-state index in [1.165, 1.54) is 4.90 Å². The van der Waals surface area contributed by atoms with Gasteiger partial charge in [-0.15, -0.1) is 24.8 Å². The molecule has 2 N–H and O–H groups in total. The molecular formula is C32H47Cl2F3N4O5. The largest absolute Gasteiger partial charge is 0.493 e. The molecule has 0 unspecified atom stereocenters. The van der Waals surface area contributed by atoms with Gasteiger partial charge >= 0.3 is 0 Å². The third-order valence-corrected chi connectivity index (χ3v) is 9.79. The Balaban J connectivity index is 0.00000288. The van der Waals surface area contributed by atoms with Gasteiger partial charge < -0.3 is 25.0 Å². The van der Waals surface area contributed by atoms with Crippen molar-refractivity contribution in [1.29, 1.82) is 0 Å². The first-order valence-electron chi connectivity index (χ1n) is 16.1. The lowest BCUT2D eigenvalue weighted by molar-refractivity contribution is -0.150. The van der Waals surface area contributed by atoms with Crippen molar-refractivity contribution in [2.75, 3.05) is 39.5 Å². The van der Waals surface area contributed by atoms with Crippen molar-refractivity contribution >= 4 is 42.5 Å². The summed E-state index contributed by atoms with van der Waals surface area (Å²) in [5.74, 6) is -5.03. The summed E-state index contributed by atoms with van der Waals surface area (Å²) in [6.45, 7) is 4.87. The average Bonchev–Trinajstić information content (AvgIpc) is 3.41. The quantitative estimate of drug-likeness (QED) is 0.375. The number of hydrogen-bond donors (Lipinski definition) is 2. The van der Waals surface area contributed by atoms with Crippen molar-refractivity contribution in [3.05, 3.63) is 29.8 Å². The predicted molar refractivity (Wildman–Crippen MR) is 171 cm³/mol. The second-order valence-electron chi connectivity index (χ2n) is 12.6. The fraction of sp³-hybridized carbons (Fsp3) is 0.719. The maximum absolute atomic E-state index is 14.5. The van der Waals surface area contributed by atoms with Crippen LogP contribution in [0.5, 0.6) is 5.75 Å². The van der Waals surface area contributed by atoms with Gasteiger partial charge in [0, 0.05) is 57.1 Å². The van der Waals surface area contributed by atoms with E-state index in [0.717, 1.165) is 5.56 Å². The average molecular weight is 696 g/mol. The smallest absolute Gasteiger partial charge is 0.248 e. The third kappa shape index (κ3) is 8.59. The monoisotopic (exact) mass is 694 g/mol. The minimum Gasteiger partial charge on any atom is -0.493 e. The minimum atomic E-state index is -2.83. The summed E-state index contributed by atoms with van der Waals surface area (Å²) in [4.78, 5) is 45.3. The molecule has 1 aliphatic carbocycles. The molecule has 260 valence electrons. The zero-order valence-corrected chi connectivity index (χ0v) is 28.1. The second-order valence-corrected chi connectivity index (χ2v) is 12.6. The highest BCUT2D eigenvalue weighted by Crippen LogP contribution is 2.39. The number of carbonyl (C=O) groups excluding carboxylic acids is 3. The number of hydrogen-bond acceptors (Lipinski definition) is 6. The number of alkyl halides is 3.